The van der Waals surface area contributed by atoms with Gasteiger partial charge in [0, 0.05) is 30.2 Å². The van der Waals surface area contributed by atoms with Crippen molar-refractivity contribution < 1.29 is 0 Å². The molecule has 1 saturated heterocycles. The maximum absolute atomic E-state index is 4.60. The van der Waals surface area contributed by atoms with Crippen molar-refractivity contribution in [2.45, 2.75) is 12.3 Å². The summed E-state index contributed by atoms with van der Waals surface area (Å²) in [4.78, 5) is 5.71. The van der Waals surface area contributed by atoms with Crippen LogP contribution in [0.2, 0.25) is 0 Å². The van der Waals surface area contributed by atoms with E-state index in [4.69, 9.17) is 0 Å². The van der Waals surface area contributed by atoms with Crippen LogP contribution in [0.1, 0.15) is 18.0 Å². The van der Waals surface area contributed by atoms with Crippen molar-refractivity contribution in [1.29, 1.82) is 0 Å². The third kappa shape index (κ3) is 1.17. The van der Waals surface area contributed by atoms with E-state index in [2.05, 4.69) is 32.5 Å². The minimum atomic E-state index is 0.632. The van der Waals surface area contributed by atoms with Gasteiger partial charge in [-0.2, -0.15) is 0 Å². The Morgan fingerprint density at radius 1 is 1.62 bits per heavy atom. The Hall–Kier alpha value is -0.870. The first-order valence-corrected chi connectivity index (χ1v) is 5.44. The van der Waals surface area contributed by atoms with E-state index in [1.807, 2.05) is 0 Å². The van der Waals surface area contributed by atoms with E-state index in [9.17, 15) is 0 Å². The van der Waals surface area contributed by atoms with Crippen molar-refractivity contribution in [2.75, 3.05) is 13.1 Å². The van der Waals surface area contributed by atoms with E-state index < -0.39 is 0 Å². The van der Waals surface area contributed by atoms with Gasteiger partial charge >= 0.3 is 0 Å². The number of thiazole rings is 1. The Labute approximate surface area is 80.4 Å². The molecule has 1 unspecified atom stereocenters. The van der Waals surface area contributed by atoms with Gasteiger partial charge in [0.1, 0.15) is 0 Å². The zero-order valence-corrected chi connectivity index (χ0v) is 8.05. The highest BCUT2D eigenvalue weighted by atomic mass is 32.1. The summed E-state index contributed by atoms with van der Waals surface area (Å²) < 4.78 is 2.11. The molecule has 0 saturated carbocycles. The second kappa shape index (κ2) is 2.82. The summed E-state index contributed by atoms with van der Waals surface area (Å²) in [6, 6.07) is 0. The molecule has 3 rings (SSSR count). The van der Waals surface area contributed by atoms with Gasteiger partial charge in [-0.15, -0.1) is 11.3 Å². The molecule has 4 heteroatoms. The van der Waals surface area contributed by atoms with Crippen LogP contribution >= 0.6 is 11.3 Å². The summed E-state index contributed by atoms with van der Waals surface area (Å²) in [5.74, 6) is 0.632. The lowest BCUT2D eigenvalue weighted by atomic mass is 10.1. The fourth-order valence-corrected chi connectivity index (χ4v) is 2.56. The minimum absolute atomic E-state index is 0.632. The number of rotatable bonds is 1. The van der Waals surface area contributed by atoms with Crippen LogP contribution in [0, 0.1) is 0 Å². The predicted octanol–water partition coefficient (Wildman–Crippen LogP) is 1.47. The first kappa shape index (κ1) is 7.53. The number of imidazole rings is 1. The average Bonchev–Trinajstić information content (AvgIpc) is 2.78. The highest BCUT2D eigenvalue weighted by Crippen LogP contribution is 2.23. The van der Waals surface area contributed by atoms with E-state index >= 15 is 0 Å². The van der Waals surface area contributed by atoms with Crippen molar-refractivity contribution in [2.24, 2.45) is 0 Å². The lowest BCUT2D eigenvalue weighted by molar-refractivity contribution is 0.742. The normalized spacial score (nSPS) is 22.9. The molecule has 0 radical (unpaired) electrons. The smallest absolute Gasteiger partial charge is 0.193 e. The second-order valence-corrected chi connectivity index (χ2v) is 4.32. The molecule has 0 amide bonds. The van der Waals surface area contributed by atoms with E-state index in [-0.39, 0.29) is 0 Å². The van der Waals surface area contributed by atoms with Crippen LogP contribution < -0.4 is 5.32 Å². The molecule has 0 bridgehead atoms. The Bertz CT molecular complexity index is 383. The van der Waals surface area contributed by atoms with E-state index in [0.29, 0.717) is 5.92 Å². The van der Waals surface area contributed by atoms with Crippen LogP contribution in [0.4, 0.5) is 0 Å². The zero-order chi connectivity index (χ0) is 8.67. The van der Waals surface area contributed by atoms with E-state index in [1.165, 1.54) is 12.1 Å². The summed E-state index contributed by atoms with van der Waals surface area (Å²) in [7, 11) is 0. The third-order valence-electron chi connectivity index (χ3n) is 2.59. The summed E-state index contributed by atoms with van der Waals surface area (Å²) in [5.41, 5.74) is 1.25. The van der Waals surface area contributed by atoms with Crippen molar-refractivity contribution in [3.8, 4) is 0 Å². The number of fused-ring (bicyclic) bond motifs is 1. The van der Waals surface area contributed by atoms with Crippen molar-refractivity contribution in [3.63, 3.8) is 0 Å². The van der Waals surface area contributed by atoms with Gasteiger partial charge in [0.2, 0.25) is 0 Å². The van der Waals surface area contributed by atoms with Crippen LogP contribution in [0.15, 0.2) is 17.8 Å². The molecule has 13 heavy (non-hydrogen) atoms. The van der Waals surface area contributed by atoms with Crippen molar-refractivity contribution in [1.82, 2.24) is 14.7 Å². The van der Waals surface area contributed by atoms with Crippen LogP contribution in [-0.4, -0.2) is 22.5 Å². The maximum Gasteiger partial charge on any atom is 0.193 e. The number of hydrogen-bond acceptors (Lipinski definition) is 3. The molecule has 3 heterocycles. The summed E-state index contributed by atoms with van der Waals surface area (Å²) in [5, 5.41) is 5.43. The zero-order valence-electron chi connectivity index (χ0n) is 7.23. The molecule has 1 fully saturated rings. The quantitative estimate of drug-likeness (QED) is 0.743. The SMILES string of the molecule is c1cn2cc(C3CCNC3)nc2s1. The van der Waals surface area contributed by atoms with Crippen LogP contribution in [0.3, 0.4) is 0 Å². The number of aromatic nitrogens is 2. The highest BCUT2D eigenvalue weighted by Gasteiger charge is 2.19. The molecular formula is C9H11N3S. The van der Waals surface area contributed by atoms with Crippen LogP contribution in [-0.2, 0) is 0 Å². The lowest BCUT2D eigenvalue weighted by Gasteiger charge is -2.01. The van der Waals surface area contributed by atoms with Gasteiger partial charge in [-0.25, -0.2) is 4.98 Å². The second-order valence-electron chi connectivity index (χ2n) is 3.45. The molecule has 1 N–H and O–H groups in total. The topological polar surface area (TPSA) is 29.3 Å². The molecule has 68 valence electrons. The maximum atomic E-state index is 4.60. The number of hydrogen-bond donors (Lipinski definition) is 1. The van der Waals surface area contributed by atoms with E-state index in [1.54, 1.807) is 11.3 Å². The molecule has 0 aliphatic carbocycles. The molecule has 3 nitrogen and oxygen atoms in total. The first-order valence-electron chi connectivity index (χ1n) is 4.56. The highest BCUT2D eigenvalue weighted by molar-refractivity contribution is 7.15. The van der Waals surface area contributed by atoms with Gasteiger partial charge in [0.25, 0.3) is 0 Å². The van der Waals surface area contributed by atoms with Gasteiger partial charge in [0.05, 0.1) is 5.69 Å². The average molecular weight is 193 g/mol. The Kier molecular flexibility index (Phi) is 1.63. The Morgan fingerprint density at radius 3 is 3.38 bits per heavy atom. The van der Waals surface area contributed by atoms with E-state index in [0.717, 1.165) is 18.1 Å². The molecule has 0 spiro atoms. The molecule has 2 aromatic rings. The van der Waals surface area contributed by atoms with Crippen molar-refractivity contribution >= 4 is 16.3 Å². The van der Waals surface area contributed by atoms with Crippen molar-refractivity contribution in [3.05, 3.63) is 23.5 Å². The number of nitrogens with zero attached hydrogens (tertiary/aromatic N) is 2. The van der Waals surface area contributed by atoms with Gasteiger partial charge in [0.15, 0.2) is 4.96 Å². The van der Waals surface area contributed by atoms with Crippen LogP contribution in [0.5, 0.6) is 0 Å². The number of nitrogens with one attached hydrogen (secondary N) is 1. The van der Waals surface area contributed by atoms with Gasteiger partial charge in [-0.05, 0) is 13.0 Å². The Morgan fingerprint density at radius 2 is 2.62 bits per heavy atom. The molecule has 0 aromatic carbocycles. The van der Waals surface area contributed by atoms with Gasteiger partial charge in [-0.1, -0.05) is 0 Å². The fraction of sp³-hybridized carbons (Fsp3) is 0.444. The predicted molar refractivity (Wildman–Crippen MR) is 53.3 cm³/mol. The molecule has 1 aliphatic rings. The molecular weight excluding hydrogens is 182 g/mol. The molecule has 1 aliphatic heterocycles. The molecule has 2 aromatic heterocycles. The lowest BCUT2D eigenvalue weighted by Crippen LogP contribution is -2.07. The monoisotopic (exact) mass is 193 g/mol. The fourth-order valence-electron chi connectivity index (χ4n) is 1.85. The standard InChI is InChI=1S/C9H11N3S/c1-2-10-5-7(1)8-6-12-3-4-13-9(12)11-8/h3-4,6-7,10H,1-2,5H2. The summed E-state index contributed by atoms with van der Waals surface area (Å²) >= 11 is 1.70. The largest absolute Gasteiger partial charge is 0.316 e. The summed E-state index contributed by atoms with van der Waals surface area (Å²) in [6.45, 7) is 2.22. The first-order chi connectivity index (χ1) is 6.43. The molecule has 1 atom stereocenters. The van der Waals surface area contributed by atoms with Gasteiger partial charge < -0.3 is 5.32 Å². The third-order valence-corrected chi connectivity index (χ3v) is 3.36. The summed E-state index contributed by atoms with van der Waals surface area (Å²) in [6.07, 6.45) is 5.45. The van der Waals surface area contributed by atoms with Gasteiger partial charge in [-0.3, -0.25) is 4.40 Å². The van der Waals surface area contributed by atoms with Crippen LogP contribution in [0.25, 0.3) is 4.96 Å². The Balaban J connectivity index is 2.02. The minimum Gasteiger partial charge on any atom is -0.316 e.